The fourth-order valence-corrected chi connectivity index (χ4v) is 2.30. The molecule has 2 rings (SSSR count). The highest BCUT2D eigenvalue weighted by Gasteiger charge is 2.08. The highest BCUT2D eigenvalue weighted by molar-refractivity contribution is 5.25. The van der Waals surface area contributed by atoms with Crippen molar-refractivity contribution < 1.29 is 0 Å². The van der Waals surface area contributed by atoms with Crippen molar-refractivity contribution >= 4 is 0 Å². The van der Waals surface area contributed by atoms with Gasteiger partial charge in [0, 0.05) is 25.8 Å². The molecule has 1 aliphatic heterocycles. The van der Waals surface area contributed by atoms with Gasteiger partial charge >= 0.3 is 0 Å². The van der Waals surface area contributed by atoms with Gasteiger partial charge in [0.2, 0.25) is 0 Å². The highest BCUT2D eigenvalue weighted by atomic mass is 15.1. The number of pyridine rings is 1. The van der Waals surface area contributed by atoms with Gasteiger partial charge in [-0.1, -0.05) is 6.42 Å². The third-order valence-corrected chi connectivity index (χ3v) is 3.32. The number of rotatable bonds is 5. The van der Waals surface area contributed by atoms with Gasteiger partial charge in [0.05, 0.1) is 0 Å². The van der Waals surface area contributed by atoms with Crippen LogP contribution < -0.4 is 5.32 Å². The number of piperidine rings is 1. The number of aromatic nitrogens is 1. The van der Waals surface area contributed by atoms with E-state index in [1.807, 2.05) is 12.1 Å². The second-order valence-corrected chi connectivity index (χ2v) is 4.74. The lowest BCUT2D eigenvalue weighted by Crippen LogP contribution is -2.35. The molecule has 1 aliphatic rings. The SMILES string of the molecule is N#Cc1cc(CNCCN2CCCCC2)ccn1. The van der Waals surface area contributed by atoms with Crippen LogP contribution in [0.5, 0.6) is 0 Å². The Hall–Kier alpha value is -1.44. The molecule has 0 bridgehead atoms. The first kappa shape index (κ1) is 13.0. The summed E-state index contributed by atoms with van der Waals surface area (Å²) in [5, 5.41) is 12.2. The molecule has 0 amide bonds. The second-order valence-electron chi connectivity index (χ2n) is 4.74. The number of hydrogen-bond donors (Lipinski definition) is 1. The van der Waals surface area contributed by atoms with E-state index in [1.54, 1.807) is 6.20 Å². The van der Waals surface area contributed by atoms with Crippen LogP contribution in [0.4, 0.5) is 0 Å². The van der Waals surface area contributed by atoms with Gasteiger partial charge < -0.3 is 10.2 Å². The van der Waals surface area contributed by atoms with E-state index in [0.29, 0.717) is 5.69 Å². The molecule has 18 heavy (non-hydrogen) atoms. The molecule has 0 spiro atoms. The number of nitrogens with one attached hydrogen (secondary N) is 1. The maximum absolute atomic E-state index is 8.76. The molecule has 0 atom stereocenters. The van der Waals surface area contributed by atoms with Crippen LogP contribution >= 0.6 is 0 Å². The lowest BCUT2D eigenvalue weighted by molar-refractivity contribution is 0.229. The van der Waals surface area contributed by atoms with Crippen molar-refractivity contribution in [2.45, 2.75) is 25.8 Å². The minimum atomic E-state index is 0.491. The van der Waals surface area contributed by atoms with Crippen LogP contribution in [-0.4, -0.2) is 36.1 Å². The van der Waals surface area contributed by atoms with Crippen LogP contribution in [0.15, 0.2) is 18.3 Å². The van der Waals surface area contributed by atoms with Crippen LogP contribution in [0.1, 0.15) is 30.5 Å². The van der Waals surface area contributed by atoms with E-state index < -0.39 is 0 Å². The molecule has 1 N–H and O–H groups in total. The molecule has 4 nitrogen and oxygen atoms in total. The molecule has 1 fully saturated rings. The summed E-state index contributed by atoms with van der Waals surface area (Å²) in [5.74, 6) is 0. The third kappa shape index (κ3) is 4.10. The van der Waals surface area contributed by atoms with Crippen LogP contribution in [0.25, 0.3) is 0 Å². The molecule has 96 valence electrons. The molecule has 1 aromatic heterocycles. The van der Waals surface area contributed by atoms with E-state index in [-0.39, 0.29) is 0 Å². The van der Waals surface area contributed by atoms with Crippen LogP contribution in [0.2, 0.25) is 0 Å². The Balaban J connectivity index is 1.67. The van der Waals surface area contributed by atoms with Gasteiger partial charge in [0.15, 0.2) is 0 Å². The van der Waals surface area contributed by atoms with Gasteiger partial charge in [-0.2, -0.15) is 5.26 Å². The molecule has 2 heterocycles. The third-order valence-electron chi connectivity index (χ3n) is 3.32. The van der Waals surface area contributed by atoms with Gasteiger partial charge in [-0.25, -0.2) is 4.98 Å². The van der Waals surface area contributed by atoms with E-state index >= 15 is 0 Å². The molecule has 0 saturated carbocycles. The maximum Gasteiger partial charge on any atom is 0.140 e. The van der Waals surface area contributed by atoms with E-state index in [1.165, 1.54) is 32.4 Å². The summed E-state index contributed by atoms with van der Waals surface area (Å²) in [5.41, 5.74) is 1.62. The van der Waals surface area contributed by atoms with E-state index in [2.05, 4.69) is 21.3 Å². The van der Waals surface area contributed by atoms with Crippen LogP contribution in [0, 0.1) is 11.3 Å². The highest BCUT2D eigenvalue weighted by Crippen LogP contribution is 2.07. The lowest BCUT2D eigenvalue weighted by Gasteiger charge is -2.26. The minimum absolute atomic E-state index is 0.491. The molecule has 1 saturated heterocycles. The van der Waals surface area contributed by atoms with Crippen molar-refractivity contribution in [3.05, 3.63) is 29.6 Å². The normalized spacial score (nSPS) is 16.4. The Bertz CT molecular complexity index is 405. The van der Waals surface area contributed by atoms with Gasteiger partial charge in [0.25, 0.3) is 0 Å². The Morgan fingerprint density at radius 3 is 2.94 bits per heavy atom. The van der Waals surface area contributed by atoms with Crippen molar-refractivity contribution in [3.63, 3.8) is 0 Å². The minimum Gasteiger partial charge on any atom is -0.311 e. The number of likely N-dealkylation sites (tertiary alicyclic amines) is 1. The van der Waals surface area contributed by atoms with E-state index in [4.69, 9.17) is 5.26 Å². The standard InChI is InChI=1S/C14H20N4/c15-11-14-10-13(4-5-17-14)12-16-6-9-18-7-2-1-3-8-18/h4-5,10,16H,1-3,6-9,12H2. The summed E-state index contributed by atoms with van der Waals surface area (Å²) in [6.45, 7) is 5.43. The predicted octanol–water partition coefficient (Wildman–Crippen LogP) is 1.53. The van der Waals surface area contributed by atoms with Crippen molar-refractivity contribution in [2.24, 2.45) is 0 Å². The molecule has 0 aliphatic carbocycles. The fraction of sp³-hybridized carbons (Fsp3) is 0.571. The summed E-state index contributed by atoms with van der Waals surface area (Å²) in [4.78, 5) is 6.48. The molecule has 4 heteroatoms. The fourth-order valence-electron chi connectivity index (χ4n) is 2.30. The average Bonchev–Trinajstić information content (AvgIpc) is 2.45. The van der Waals surface area contributed by atoms with E-state index in [0.717, 1.165) is 25.2 Å². The molecular formula is C14H20N4. The van der Waals surface area contributed by atoms with Gasteiger partial charge in [0.1, 0.15) is 11.8 Å². The van der Waals surface area contributed by atoms with Crippen molar-refractivity contribution in [1.82, 2.24) is 15.2 Å². The zero-order valence-electron chi connectivity index (χ0n) is 10.7. The van der Waals surface area contributed by atoms with Crippen LogP contribution in [-0.2, 0) is 6.54 Å². The molecule has 0 unspecified atom stereocenters. The molecular weight excluding hydrogens is 224 g/mol. The van der Waals surface area contributed by atoms with E-state index in [9.17, 15) is 0 Å². The summed E-state index contributed by atoms with van der Waals surface area (Å²) < 4.78 is 0. The quantitative estimate of drug-likeness (QED) is 0.798. The lowest BCUT2D eigenvalue weighted by atomic mass is 10.1. The summed E-state index contributed by atoms with van der Waals surface area (Å²) >= 11 is 0. The first-order valence-electron chi connectivity index (χ1n) is 6.66. The van der Waals surface area contributed by atoms with Crippen LogP contribution in [0.3, 0.4) is 0 Å². The first-order valence-corrected chi connectivity index (χ1v) is 6.66. The summed E-state index contributed by atoms with van der Waals surface area (Å²) in [6, 6.07) is 5.86. The molecule has 0 radical (unpaired) electrons. The monoisotopic (exact) mass is 244 g/mol. The first-order chi connectivity index (χ1) is 8.88. The molecule has 0 aromatic carbocycles. The largest absolute Gasteiger partial charge is 0.311 e. The van der Waals surface area contributed by atoms with Crippen molar-refractivity contribution in [1.29, 1.82) is 5.26 Å². The zero-order valence-corrected chi connectivity index (χ0v) is 10.7. The summed E-state index contributed by atoms with van der Waals surface area (Å²) in [6.07, 6.45) is 5.77. The topological polar surface area (TPSA) is 52.0 Å². The number of nitrogens with zero attached hydrogens (tertiary/aromatic N) is 3. The second kappa shape index (κ2) is 7.10. The van der Waals surface area contributed by atoms with Crippen molar-refractivity contribution in [2.75, 3.05) is 26.2 Å². The average molecular weight is 244 g/mol. The zero-order chi connectivity index (χ0) is 12.6. The van der Waals surface area contributed by atoms with Gasteiger partial charge in [-0.3, -0.25) is 0 Å². The Kier molecular flexibility index (Phi) is 5.13. The predicted molar refractivity (Wildman–Crippen MR) is 70.9 cm³/mol. The Labute approximate surface area is 109 Å². The maximum atomic E-state index is 8.76. The summed E-state index contributed by atoms with van der Waals surface area (Å²) in [7, 11) is 0. The van der Waals surface area contributed by atoms with Crippen molar-refractivity contribution in [3.8, 4) is 6.07 Å². The smallest absolute Gasteiger partial charge is 0.140 e. The van der Waals surface area contributed by atoms with Gasteiger partial charge in [-0.15, -0.1) is 0 Å². The van der Waals surface area contributed by atoms with Gasteiger partial charge in [-0.05, 0) is 43.6 Å². The number of hydrogen-bond acceptors (Lipinski definition) is 4. The molecule has 1 aromatic rings. The Morgan fingerprint density at radius 2 is 2.17 bits per heavy atom. The Morgan fingerprint density at radius 1 is 1.33 bits per heavy atom. The number of nitriles is 1.